The van der Waals surface area contributed by atoms with Crippen molar-refractivity contribution in [1.29, 1.82) is 0 Å². The van der Waals surface area contributed by atoms with Crippen LogP contribution >= 0.6 is 23.2 Å². The zero-order valence-electron chi connectivity index (χ0n) is 11.5. The summed E-state index contributed by atoms with van der Waals surface area (Å²) in [4.78, 5) is 0. The number of benzene rings is 2. The maximum atomic E-state index is 6.00. The maximum absolute atomic E-state index is 6.00. The van der Waals surface area contributed by atoms with E-state index in [1.165, 1.54) is 0 Å². The highest BCUT2D eigenvalue weighted by Gasteiger charge is 2.10. The molecule has 0 saturated carbocycles. The summed E-state index contributed by atoms with van der Waals surface area (Å²) in [7, 11) is 1.68. The molecule has 0 unspecified atom stereocenters. The van der Waals surface area contributed by atoms with Crippen molar-refractivity contribution < 1.29 is 4.74 Å². The van der Waals surface area contributed by atoms with Gasteiger partial charge in [0.15, 0.2) is 0 Å². The molecular weight excluding hydrogens is 293 g/mol. The molecule has 0 saturated heterocycles. The van der Waals surface area contributed by atoms with E-state index in [1.807, 2.05) is 30.3 Å². The fourth-order valence-electron chi connectivity index (χ4n) is 2.12. The second-order valence-electron chi connectivity index (χ2n) is 4.62. The lowest BCUT2D eigenvalue weighted by atomic mass is 10.1. The van der Waals surface area contributed by atoms with Crippen LogP contribution in [0.2, 0.25) is 10.0 Å². The van der Waals surface area contributed by atoms with Crippen molar-refractivity contribution in [3.05, 3.63) is 63.6 Å². The van der Waals surface area contributed by atoms with E-state index in [9.17, 15) is 0 Å². The summed E-state index contributed by atoms with van der Waals surface area (Å²) in [6.45, 7) is 2.80. The average Bonchev–Trinajstić information content (AvgIpc) is 2.43. The highest BCUT2D eigenvalue weighted by Crippen LogP contribution is 2.25. The van der Waals surface area contributed by atoms with Gasteiger partial charge in [0.05, 0.1) is 7.11 Å². The van der Waals surface area contributed by atoms with Crippen LogP contribution in [0, 0.1) is 0 Å². The normalized spacial score (nSPS) is 12.2. The minimum atomic E-state index is 0.170. The molecule has 1 atom stereocenters. The lowest BCUT2D eigenvalue weighted by Gasteiger charge is -2.17. The summed E-state index contributed by atoms with van der Waals surface area (Å²) in [6, 6.07) is 13.7. The Morgan fingerprint density at radius 3 is 2.40 bits per heavy atom. The smallest absolute Gasteiger partial charge is 0.123 e. The number of para-hydroxylation sites is 1. The molecule has 0 fully saturated rings. The van der Waals surface area contributed by atoms with Gasteiger partial charge >= 0.3 is 0 Å². The van der Waals surface area contributed by atoms with Crippen LogP contribution in [0.5, 0.6) is 5.75 Å². The van der Waals surface area contributed by atoms with Gasteiger partial charge in [-0.15, -0.1) is 0 Å². The highest BCUT2D eigenvalue weighted by molar-refractivity contribution is 6.34. The van der Waals surface area contributed by atoms with Crippen molar-refractivity contribution in [1.82, 2.24) is 5.32 Å². The molecule has 0 aliphatic carbocycles. The van der Waals surface area contributed by atoms with Gasteiger partial charge in [-0.25, -0.2) is 0 Å². The fraction of sp³-hybridized carbons (Fsp3) is 0.250. The van der Waals surface area contributed by atoms with Gasteiger partial charge in [-0.05, 0) is 36.8 Å². The molecule has 2 aromatic carbocycles. The van der Waals surface area contributed by atoms with Crippen molar-refractivity contribution >= 4 is 23.2 Å². The Morgan fingerprint density at radius 1 is 1.10 bits per heavy atom. The van der Waals surface area contributed by atoms with E-state index < -0.39 is 0 Å². The summed E-state index contributed by atoms with van der Waals surface area (Å²) in [6.07, 6.45) is 0. The van der Waals surface area contributed by atoms with E-state index in [4.69, 9.17) is 27.9 Å². The third-order valence-corrected chi connectivity index (χ3v) is 3.58. The van der Waals surface area contributed by atoms with Crippen LogP contribution in [0.15, 0.2) is 42.5 Å². The van der Waals surface area contributed by atoms with Gasteiger partial charge in [-0.2, -0.15) is 0 Å². The van der Waals surface area contributed by atoms with Crippen LogP contribution in [-0.4, -0.2) is 7.11 Å². The number of halogens is 2. The number of nitrogens with one attached hydrogen (secondary N) is 1. The van der Waals surface area contributed by atoms with Gasteiger partial charge in [0.1, 0.15) is 5.75 Å². The molecule has 0 amide bonds. The molecule has 0 spiro atoms. The molecule has 4 heteroatoms. The molecule has 1 N–H and O–H groups in total. The minimum Gasteiger partial charge on any atom is -0.496 e. The van der Waals surface area contributed by atoms with Gasteiger partial charge in [-0.1, -0.05) is 41.4 Å². The summed E-state index contributed by atoms with van der Waals surface area (Å²) < 4.78 is 5.37. The van der Waals surface area contributed by atoms with Gasteiger partial charge < -0.3 is 10.1 Å². The monoisotopic (exact) mass is 309 g/mol. The van der Waals surface area contributed by atoms with Crippen LogP contribution in [0.3, 0.4) is 0 Å². The lowest BCUT2D eigenvalue weighted by molar-refractivity contribution is 0.401. The zero-order chi connectivity index (χ0) is 14.5. The second kappa shape index (κ2) is 6.98. The van der Waals surface area contributed by atoms with Gasteiger partial charge in [0.25, 0.3) is 0 Å². The Labute approximate surface area is 129 Å². The third kappa shape index (κ3) is 3.89. The fourth-order valence-corrected chi connectivity index (χ4v) is 2.69. The summed E-state index contributed by atoms with van der Waals surface area (Å²) in [5.41, 5.74) is 2.19. The molecule has 0 heterocycles. The molecule has 0 aliphatic heterocycles. The number of ether oxygens (including phenoxy) is 1. The maximum Gasteiger partial charge on any atom is 0.123 e. The molecule has 0 aliphatic rings. The summed E-state index contributed by atoms with van der Waals surface area (Å²) >= 11 is 12.0. The largest absolute Gasteiger partial charge is 0.496 e. The van der Waals surface area contributed by atoms with Crippen molar-refractivity contribution in [2.45, 2.75) is 19.5 Å². The van der Waals surface area contributed by atoms with E-state index in [1.54, 1.807) is 13.2 Å². The van der Waals surface area contributed by atoms with Gasteiger partial charge in [0.2, 0.25) is 0 Å². The van der Waals surface area contributed by atoms with E-state index >= 15 is 0 Å². The molecular formula is C16H17Cl2NO. The summed E-state index contributed by atoms with van der Waals surface area (Å²) in [5, 5.41) is 4.75. The third-order valence-electron chi connectivity index (χ3n) is 3.14. The lowest BCUT2D eigenvalue weighted by Crippen LogP contribution is -2.18. The van der Waals surface area contributed by atoms with Gasteiger partial charge in [0, 0.05) is 28.2 Å². The molecule has 2 nitrogen and oxygen atoms in total. The highest BCUT2D eigenvalue weighted by atomic mass is 35.5. The topological polar surface area (TPSA) is 21.3 Å². The SMILES string of the molecule is COc1ccccc1[C@@H](C)NCc1cc(Cl)cc(Cl)c1. The first-order chi connectivity index (χ1) is 9.60. The quantitative estimate of drug-likeness (QED) is 0.852. The minimum absolute atomic E-state index is 0.170. The first-order valence-electron chi connectivity index (χ1n) is 6.41. The molecule has 2 rings (SSSR count). The van der Waals surface area contributed by atoms with E-state index in [-0.39, 0.29) is 6.04 Å². The first-order valence-corrected chi connectivity index (χ1v) is 7.17. The Bertz CT molecular complexity index is 566. The molecule has 106 valence electrons. The van der Waals surface area contributed by atoms with E-state index in [0.29, 0.717) is 16.6 Å². The Morgan fingerprint density at radius 2 is 1.75 bits per heavy atom. The van der Waals surface area contributed by atoms with Crippen LogP contribution < -0.4 is 10.1 Å². The Hall–Kier alpha value is -1.22. The first kappa shape index (κ1) is 15.2. The number of rotatable bonds is 5. The van der Waals surface area contributed by atoms with Crippen LogP contribution in [-0.2, 0) is 6.54 Å². The number of hydrogen-bond acceptors (Lipinski definition) is 2. The average molecular weight is 310 g/mol. The van der Waals surface area contributed by atoms with Crippen molar-refractivity contribution in [2.24, 2.45) is 0 Å². The number of hydrogen-bond donors (Lipinski definition) is 1. The zero-order valence-corrected chi connectivity index (χ0v) is 13.0. The predicted molar refractivity (Wildman–Crippen MR) is 84.7 cm³/mol. The molecule has 0 aromatic heterocycles. The number of methoxy groups -OCH3 is 1. The summed E-state index contributed by atoms with van der Waals surface area (Å²) in [5.74, 6) is 0.886. The van der Waals surface area contributed by atoms with E-state index in [2.05, 4.69) is 18.3 Å². The van der Waals surface area contributed by atoms with Crippen LogP contribution in [0.4, 0.5) is 0 Å². The second-order valence-corrected chi connectivity index (χ2v) is 5.50. The van der Waals surface area contributed by atoms with Gasteiger partial charge in [-0.3, -0.25) is 0 Å². The van der Waals surface area contributed by atoms with Crippen molar-refractivity contribution in [3.63, 3.8) is 0 Å². The Kier molecular flexibility index (Phi) is 5.30. The van der Waals surface area contributed by atoms with E-state index in [0.717, 1.165) is 16.9 Å². The van der Waals surface area contributed by atoms with Crippen molar-refractivity contribution in [2.75, 3.05) is 7.11 Å². The van der Waals surface area contributed by atoms with Crippen molar-refractivity contribution in [3.8, 4) is 5.75 Å². The molecule has 2 aromatic rings. The molecule has 0 bridgehead atoms. The Balaban J connectivity index is 2.06. The van der Waals surface area contributed by atoms with Crippen LogP contribution in [0.25, 0.3) is 0 Å². The molecule has 20 heavy (non-hydrogen) atoms. The molecule has 0 radical (unpaired) electrons. The predicted octanol–water partition coefficient (Wildman–Crippen LogP) is 4.85. The standard InChI is InChI=1S/C16H17Cl2NO/c1-11(15-5-3-4-6-16(15)20-2)19-10-12-7-13(17)9-14(18)8-12/h3-9,11,19H,10H2,1-2H3/t11-/m1/s1. The van der Waals surface area contributed by atoms with Crippen LogP contribution in [0.1, 0.15) is 24.1 Å².